The van der Waals surface area contributed by atoms with Crippen molar-refractivity contribution in [3.05, 3.63) is 24.3 Å². The van der Waals surface area contributed by atoms with Crippen LogP contribution >= 0.6 is 0 Å². The van der Waals surface area contributed by atoms with Gasteiger partial charge in [0, 0.05) is 0 Å². The minimum Gasteiger partial charge on any atom is -0.482 e. The maximum Gasteiger partial charge on any atom is 0.494 e. The summed E-state index contributed by atoms with van der Waals surface area (Å²) in [6, 6.07) is 7.34. The Morgan fingerprint density at radius 1 is 1.19 bits per heavy atom. The van der Waals surface area contributed by atoms with Crippen molar-refractivity contribution in [1.82, 2.24) is 0 Å². The number of rotatable bonds is 4. The summed E-state index contributed by atoms with van der Waals surface area (Å²) in [5, 5.41) is 0. The third-order valence-corrected chi connectivity index (χ3v) is 3.97. The van der Waals surface area contributed by atoms with Crippen LogP contribution in [0.3, 0.4) is 0 Å². The minimum atomic E-state index is -0.448. The fourth-order valence-electron chi connectivity index (χ4n) is 1.93. The smallest absolute Gasteiger partial charge is 0.482 e. The van der Waals surface area contributed by atoms with E-state index in [0.29, 0.717) is 5.75 Å². The van der Waals surface area contributed by atoms with Crippen LogP contribution in [0.2, 0.25) is 0 Å². The molecule has 1 aromatic rings. The van der Waals surface area contributed by atoms with E-state index in [1.54, 1.807) is 6.07 Å². The number of ether oxygens (including phenoxy) is 2. The summed E-state index contributed by atoms with van der Waals surface area (Å²) in [6.07, 6.45) is 0. The van der Waals surface area contributed by atoms with Crippen molar-refractivity contribution in [3.63, 3.8) is 0 Å². The van der Waals surface area contributed by atoms with Gasteiger partial charge in [-0.05, 0) is 45.3 Å². The zero-order chi connectivity index (χ0) is 15.7. The molecule has 1 aliphatic rings. The Morgan fingerprint density at radius 3 is 2.38 bits per heavy atom. The standard InChI is InChI=1S/C15H21BO5/c1-14(2)15(3,4)21-16(20-14)11-7-6-8-12(9-11)19-10-13(17)18-5/h6-9H,10H2,1-5H3. The van der Waals surface area contributed by atoms with Crippen molar-refractivity contribution in [1.29, 1.82) is 0 Å². The number of benzene rings is 1. The molecule has 1 saturated heterocycles. The Bertz CT molecular complexity index is 511. The lowest BCUT2D eigenvalue weighted by molar-refractivity contribution is -0.142. The summed E-state index contributed by atoms with van der Waals surface area (Å²) in [5.74, 6) is 0.156. The molecule has 5 nitrogen and oxygen atoms in total. The van der Waals surface area contributed by atoms with Gasteiger partial charge in [0.05, 0.1) is 18.3 Å². The molecule has 0 bridgehead atoms. The van der Waals surface area contributed by atoms with Gasteiger partial charge in [-0.15, -0.1) is 0 Å². The van der Waals surface area contributed by atoms with Crippen LogP contribution in [-0.2, 0) is 18.8 Å². The maximum atomic E-state index is 11.1. The van der Waals surface area contributed by atoms with E-state index in [1.807, 2.05) is 45.9 Å². The quantitative estimate of drug-likeness (QED) is 0.622. The molecule has 0 aromatic heterocycles. The second kappa shape index (κ2) is 5.69. The molecular formula is C15H21BO5. The highest BCUT2D eigenvalue weighted by molar-refractivity contribution is 6.62. The lowest BCUT2D eigenvalue weighted by Gasteiger charge is -2.32. The molecule has 1 aliphatic heterocycles. The van der Waals surface area contributed by atoms with Gasteiger partial charge < -0.3 is 18.8 Å². The normalized spacial score (nSPS) is 19.4. The van der Waals surface area contributed by atoms with Crippen molar-refractivity contribution >= 4 is 18.6 Å². The molecule has 0 amide bonds. The molecule has 0 unspecified atom stereocenters. The topological polar surface area (TPSA) is 54.0 Å². The van der Waals surface area contributed by atoms with Gasteiger partial charge in [0.15, 0.2) is 6.61 Å². The zero-order valence-electron chi connectivity index (χ0n) is 13.1. The SMILES string of the molecule is COC(=O)COc1cccc(B2OC(C)(C)C(C)(C)O2)c1. The summed E-state index contributed by atoms with van der Waals surface area (Å²) in [6.45, 7) is 7.90. The summed E-state index contributed by atoms with van der Waals surface area (Å²) in [7, 11) is 0.878. The maximum absolute atomic E-state index is 11.1. The van der Waals surface area contributed by atoms with Crippen molar-refractivity contribution in [2.45, 2.75) is 38.9 Å². The number of methoxy groups -OCH3 is 1. The highest BCUT2D eigenvalue weighted by atomic mass is 16.7. The second-order valence-electron chi connectivity index (χ2n) is 6.03. The van der Waals surface area contributed by atoms with E-state index in [0.717, 1.165) is 5.46 Å². The third-order valence-electron chi connectivity index (χ3n) is 3.97. The molecule has 0 spiro atoms. The molecule has 0 saturated carbocycles. The second-order valence-corrected chi connectivity index (χ2v) is 6.03. The number of carbonyl (C=O) groups is 1. The molecule has 114 valence electrons. The first-order valence-corrected chi connectivity index (χ1v) is 6.90. The molecule has 0 atom stereocenters. The molecule has 0 aliphatic carbocycles. The predicted molar refractivity (Wildman–Crippen MR) is 79.7 cm³/mol. The Morgan fingerprint density at radius 2 is 1.81 bits per heavy atom. The van der Waals surface area contributed by atoms with Crippen LogP contribution in [0.25, 0.3) is 0 Å². The molecule has 1 heterocycles. The van der Waals surface area contributed by atoms with Crippen molar-refractivity contribution < 1.29 is 23.6 Å². The Kier molecular flexibility index (Phi) is 4.30. The van der Waals surface area contributed by atoms with Crippen LogP contribution in [0.5, 0.6) is 5.75 Å². The Labute approximate surface area is 125 Å². The summed E-state index contributed by atoms with van der Waals surface area (Å²) >= 11 is 0. The lowest BCUT2D eigenvalue weighted by atomic mass is 9.79. The van der Waals surface area contributed by atoms with Crippen LogP contribution in [0.4, 0.5) is 0 Å². The number of carbonyl (C=O) groups excluding carboxylic acids is 1. The number of hydrogen-bond donors (Lipinski definition) is 0. The first-order valence-electron chi connectivity index (χ1n) is 6.90. The molecule has 21 heavy (non-hydrogen) atoms. The van der Waals surface area contributed by atoms with Crippen molar-refractivity contribution in [2.75, 3.05) is 13.7 Å². The van der Waals surface area contributed by atoms with Gasteiger partial charge in [-0.25, -0.2) is 4.79 Å². The van der Waals surface area contributed by atoms with Gasteiger partial charge >= 0.3 is 13.1 Å². The largest absolute Gasteiger partial charge is 0.494 e. The van der Waals surface area contributed by atoms with Crippen LogP contribution in [0.15, 0.2) is 24.3 Å². The Hall–Kier alpha value is -1.53. The van der Waals surface area contributed by atoms with E-state index >= 15 is 0 Å². The van der Waals surface area contributed by atoms with Crippen LogP contribution in [0, 0.1) is 0 Å². The summed E-state index contributed by atoms with van der Waals surface area (Å²) in [4.78, 5) is 11.1. The molecule has 1 aromatic carbocycles. The Balaban J connectivity index is 2.10. The molecule has 6 heteroatoms. The molecular weight excluding hydrogens is 271 g/mol. The fourth-order valence-corrected chi connectivity index (χ4v) is 1.93. The lowest BCUT2D eigenvalue weighted by Crippen LogP contribution is -2.41. The van der Waals surface area contributed by atoms with Gasteiger partial charge in [0.2, 0.25) is 0 Å². The highest BCUT2D eigenvalue weighted by Crippen LogP contribution is 2.36. The van der Waals surface area contributed by atoms with Crippen LogP contribution in [-0.4, -0.2) is 38.0 Å². The van der Waals surface area contributed by atoms with E-state index in [-0.39, 0.29) is 17.8 Å². The van der Waals surface area contributed by atoms with E-state index in [9.17, 15) is 4.79 Å². The first-order chi connectivity index (χ1) is 9.75. The zero-order valence-corrected chi connectivity index (χ0v) is 13.1. The molecule has 1 fully saturated rings. The molecule has 2 rings (SSSR count). The van der Waals surface area contributed by atoms with Crippen molar-refractivity contribution in [3.8, 4) is 5.75 Å². The van der Waals surface area contributed by atoms with Gasteiger partial charge in [-0.1, -0.05) is 12.1 Å². The van der Waals surface area contributed by atoms with Gasteiger partial charge in [-0.3, -0.25) is 0 Å². The summed E-state index contributed by atoms with van der Waals surface area (Å²) < 4.78 is 21.9. The molecule has 0 radical (unpaired) electrons. The van der Waals surface area contributed by atoms with E-state index < -0.39 is 13.1 Å². The average molecular weight is 292 g/mol. The van der Waals surface area contributed by atoms with Crippen LogP contribution < -0.4 is 10.2 Å². The fraction of sp³-hybridized carbons (Fsp3) is 0.533. The first kappa shape index (κ1) is 15.9. The number of hydrogen-bond acceptors (Lipinski definition) is 5. The van der Waals surface area contributed by atoms with E-state index in [4.69, 9.17) is 14.0 Å². The van der Waals surface area contributed by atoms with Gasteiger partial charge in [0.1, 0.15) is 5.75 Å². The highest BCUT2D eigenvalue weighted by Gasteiger charge is 2.51. The minimum absolute atomic E-state index is 0.122. The predicted octanol–water partition coefficient (Wildman–Crippen LogP) is 1.54. The van der Waals surface area contributed by atoms with E-state index in [2.05, 4.69) is 4.74 Å². The van der Waals surface area contributed by atoms with Gasteiger partial charge in [0.25, 0.3) is 0 Å². The molecule has 0 N–H and O–H groups in total. The monoisotopic (exact) mass is 292 g/mol. The summed E-state index contributed by atoms with van der Waals surface area (Å²) in [5.41, 5.74) is 0.0807. The van der Waals surface area contributed by atoms with Gasteiger partial charge in [-0.2, -0.15) is 0 Å². The number of esters is 1. The van der Waals surface area contributed by atoms with E-state index in [1.165, 1.54) is 7.11 Å². The van der Waals surface area contributed by atoms with Crippen molar-refractivity contribution in [2.24, 2.45) is 0 Å². The third kappa shape index (κ3) is 3.39. The van der Waals surface area contributed by atoms with Crippen LogP contribution in [0.1, 0.15) is 27.7 Å². The average Bonchev–Trinajstić information content (AvgIpc) is 2.65.